The summed E-state index contributed by atoms with van der Waals surface area (Å²) >= 11 is 9.45. The van der Waals surface area contributed by atoms with Crippen molar-refractivity contribution in [3.05, 3.63) is 33.3 Å². The van der Waals surface area contributed by atoms with Crippen LogP contribution in [0, 0.1) is 0 Å². The van der Waals surface area contributed by atoms with Crippen molar-refractivity contribution in [1.82, 2.24) is 4.90 Å². The molecule has 1 heterocycles. The molecule has 98 valence electrons. The number of hydrogen-bond donors (Lipinski definition) is 1. The second-order valence-electron chi connectivity index (χ2n) is 4.57. The van der Waals surface area contributed by atoms with E-state index in [2.05, 4.69) is 22.9 Å². The van der Waals surface area contributed by atoms with Crippen LogP contribution in [0.1, 0.15) is 31.4 Å². The molecule has 18 heavy (non-hydrogen) atoms. The fourth-order valence-electron chi connectivity index (χ4n) is 2.46. The molecule has 1 aromatic rings. The van der Waals surface area contributed by atoms with E-state index in [0.29, 0.717) is 11.4 Å². The fourth-order valence-corrected chi connectivity index (χ4v) is 3.38. The lowest BCUT2D eigenvalue weighted by Gasteiger charge is -2.27. The van der Waals surface area contributed by atoms with Crippen molar-refractivity contribution in [2.24, 2.45) is 5.73 Å². The molecule has 1 fully saturated rings. The Kier molecular flexibility index (Phi) is 4.30. The van der Waals surface area contributed by atoms with Crippen LogP contribution in [0.15, 0.2) is 22.7 Å². The van der Waals surface area contributed by atoms with Gasteiger partial charge in [-0.3, -0.25) is 4.79 Å². The van der Waals surface area contributed by atoms with E-state index < -0.39 is 0 Å². The van der Waals surface area contributed by atoms with Crippen molar-refractivity contribution in [3.8, 4) is 0 Å². The first kappa shape index (κ1) is 13.8. The molecule has 0 aromatic heterocycles. The highest BCUT2D eigenvalue weighted by atomic mass is 79.9. The number of likely N-dealkylation sites (tertiary alicyclic amines) is 1. The molecule has 2 unspecified atom stereocenters. The third-order valence-electron chi connectivity index (χ3n) is 3.22. The zero-order valence-corrected chi connectivity index (χ0v) is 12.5. The number of rotatable bonds is 3. The minimum Gasteiger partial charge on any atom is -0.334 e. The van der Waals surface area contributed by atoms with E-state index in [1.54, 1.807) is 0 Å². The first-order valence-electron chi connectivity index (χ1n) is 6.04. The van der Waals surface area contributed by atoms with Gasteiger partial charge >= 0.3 is 0 Å². The van der Waals surface area contributed by atoms with E-state index in [4.69, 9.17) is 17.3 Å². The lowest BCUT2D eigenvalue weighted by atomic mass is 10.0. The summed E-state index contributed by atoms with van der Waals surface area (Å²) in [6.07, 6.45) is 1.35. The molecule has 3 nitrogen and oxygen atoms in total. The van der Waals surface area contributed by atoms with Crippen LogP contribution < -0.4 is 5.73 Å². The summed E-state index contributed by atoms with van der Waals surface area (Å²) in [6, 6.07) is 5.42. The number of benzene rings is 1. The number of carbonyl (C=O) groups is 1. The summed E-state index contributed by atoms with van der Waals surface area (Å²) in [7, 11) is 0. The predicted molar refractivity (Wildman–Crippen MR) is 76.5 cm³/mol. The van der Waals surface area contributed by atoms with Crippen LogP contribution in [-0.2, 0) is 4.79 Å². The molecule has 0 radical (unpaired) electrons. The molecule has 2 rings (SSSR count). The molecule has 1 aliphatic heterocycles. The van der Waals surface area contributed by atoms with E-state index in [9.17, 15) is 4.79 Å². The Morgan fingerprint density at radius 2 is 2.28 bits per heavy atom. The maximum Gasteiger partial charge on any atom is 0.224 e. The second-order valence-corrected chi connectivity index (χ2v) is 5.86. The van der Waals surface area contributed by atoms with Crippen LogP contribution in [-0.4, -0.2) is 23.4 Å². The standard InChI is InChI=1S/C13H16BrClN2O/c1-2-5-17-12(18)7-11(16)13(17)9-4-3-8(15)6-10(9)14/h3-4,6,11,13H,2,5,7,16H2,1H3. The average Bonchev–Trinajstić information content (AvgIpc) is 2.56. The number of halogens is 2. The number of amides is 1. The van der Waals surface area contributed by atoms with Gasteiger partial charge < -0.3 is 10.6 Å². The number of carbonyl (C=O) groups excluding carboxylic acids is 1. The van der Waals surface area contributed by atoms with Gasteiger partial charge in [-0.1, -0.05) is 40.5 Å². The summed E-state index contributed by atoms with van der Waals surface area (Å²) in [4.78, 5) is 13.8. The number of nitrogens with two attached hydrogens (primary N) is 1. The van der Waals surface area contributed by atoms with Gasteiger partial charge in [0.25, 0.3) is 0 Å². The van der Waals surface area contributed by atoms with Crippen LogP contribution in [0.5, 0.6) is 0 Å². The zero-order valence-electron chi connectivity index (χ0n) is 10.2. The van der Waals surface area contributed by atoms with Gasteiger partial charge in [0.2, 0.25) is 5.91 Å². The third kappa shape index (κ3) is 2.56. The largest absolute Gasteiger partial charge is 0.334 e. The Labute approximate surface area is 120 Å². The Morgan fingerprint density at radius 1 is 1.56 bits per heavy atom. The van der Waals surface area contributed by atoms with Crippen LogP contribution in [0.4, 0.5) is 0 Å². The smallest absolute Gasteiger partial charge is 0.224 e. The maximum absolute atomic E-state index is 11.9. The average molecular weight is 332 g/mol. The molecular formula is C13H16BrClN2O. The molecule has 5 heteroatoms. The first-order chi connectivity index (χ1) is 8.54. The molecule has 2 N–H and O–H groups in total. The Balaban J connectivity index is 2.37. The molecule has 1 saturated heterocycles. The van der Waals surface area contributed by atoms with E-state index in [0.717, 1.165) is 23.0 Å². The molecule has 0 saturated carbocycles. The summed E-state index contributed by atoms with van der Waals surface area (Å²) in [5, 5.41) is 0.672. The van der Waals surface area contributed by atoms with Gasteiger partial charge in [0.15, 0.2) is 0 Å². The third-order valence-corrected chi connectivity index (χ3v) is 4.14. The molecule has 2 atom stereocenters. The highest BCUT2D eigenvalue weighted by molar-refractivity contribution is 9.10. The maximum atomic E-state index is 11.9. The van der Waals surface area contributed by atoms with Gasteiger partial charge in [0, 0.05) is 28.5 Å². The van der Waals surface area contributed by atoms with Gasteiger partial charge in [0.05, 0.1) is 6.04 Å². The quantitative estimate of drug-likeness (QED) is 0.925. The van der Waals surface area contributed by atoms with Gasteiger partial charge in [-0.2, -0.15) is 0 Å². The number of nitrogens with zero attached hydrogens (tertiary/aromatic N) is 1. The first-order valence-corrected chi connectivity index (χ1v) is 7.21. The van der Waals surface area contributed by atoms with Gasteiger partial charge in [-0.25, -0.2) is 0 Å². The fraction of sp³-hybridized carbons (Fsp3) is 0.462. The highest BCUT2D eigenvalue weighted by Gasteiger charge is 2.38. The summed E-state index contributed by atoms with van der Waals surface area (Å²) < 4.78 is 0.909. The Hall–Kier alpha value is -0.580. The van der Waals surface area contributed by atoms with Crippen molar-refractivity contribution in [2.45, 2.75) is 31.8 Å². The number of hydrogen-bond acceptors (Lipinski definition) is 2. The summed E-state index contributed by atoms with van der Waals surface area (Å²) in [5.41, 5.74) is 7.15. The van der Waals surface area contributed by atoms with E-state index >= 15 is 0 Å². The summed E-state index contributed by atoms with van der Waals surface area (Å²) in [6.45, 7) is 2.80. The molecule has 1 aromatic carbocycles. The van der Waals surface area contributed by atoms with Crippen molar-refractivity contribution in [1.29, 1.82) is 0 Å². The lowest BCUT2D eigenvalue weighted by molar-refractivity contribution is -0.129. The normalized spacial score (nSPS) is 23.8. The van der Waals surface area contributed by atoms with Crippen LogP contribution in [0.2, 0.25) is 5.02 Å². The molecule has 0 aliphatic carbocycles. The van der Waals surface area contributed by atoms with E-state index in [1.807, 2.05) is 23.1 Å². The van der Waals surface area contributed by atoms with Crippen LogP contribution >= 0.6 is 27.5 Å². The topological polar surface area (TPSA) is 46.3 Å². The van der Waals surface area contributed by atoms with Gasteiger partial charge in [-0.15, -0.1) is 0 Å². The van der Waals surface area contributed by atoms with Crippen molar-refractivity contribution in [3.63, 3.8) is 0 Å². The minimum absolute atomic E-state index is 0.0518. The molecule has 1 aliphatic rings. The Bertz CT molecular complexity index is 466. The van der Waals surface area contributed by atoms with Crippen LogP contribution in [0.3, 0.4) is 0 Å². The van der Waals surface area contributed by atoms with Crippen molar-refractivity contribution in [2.75, 3.05) is 6.54 Å². The SMILES string of the molecule is CCCN1C(=O)CC(N)C1c1ccc(Cl)cc1Br. The summed E-state index contributed by atoms with van der Waals surface area (Å²) in [5.74, 6) is 0.135. The molecule has 1 amide bonds. The molecule has 0 bridgehead atoms. The van der Waals surface area contributed by atoms with Gasteiger partial charge in [0.1, 0.15) is 0 Å². The Morgan fingerprint density at radius 3 is 2.89 bits per heavy atom. The highest BCUT2D eigenvalue weighted by Crippen LogP contribution is 2.37. The monoisotopic (exact) mass is 330 g/mol. The second kappa shape index (κ2) is 5.59. The van der Waals surface area contributed by atoms with Gasteiger partial charge in [-0.05, 0) is 24.1 Å². The van der Waals surface area contributed by atoms with Crippen molar-refractivity contribution >= 4 is 33.4 Å². The minimum atomic E-state index is -0.151. The lowest BCUT2D eigenvalue weighted by Crippen LogP contribution is -2.33. The predicted octanol–water partition coefficient (Wildman–Crippen LogP) is 3.11. The molecule has 0 spiro atoms. The van der Waals surface area contributed by atoms with Crippen LogP contribution in [0.25, 0.3) is 0 Å². The van der Waals surface area contributed by atoms with Crippen molar-refractivity contribution < 1.29 is 4.79 Å². The van der Waals surface area contributed by atoms with E-state index in [-0.39, 0.29) is 18.0 Å². The zero-order chi connectivity index (χ0) is 13.3. The molecular weight excluding hydrogens is 316 g/mol. The van der Waals surface area contributed by atoms with E-state index in [1.165, 1.54) is 0 Å².